The monoisotopic (exact) mass is 353 g/mol. The maximum Gasteiger partial charge on any atom is 0.204 e. The lowest BCUT2D eigenvalue weighted by Gasteiger charge is -2.32. The molecule has 4 nitrogen and oxygen atoms in total. The summed E-state index contributed by atoms with van der Waals surface area (Å²) in [6.07, 6.45) is 4.72. The number of rotatable bonds is 0. The van der Waals surface area contributed by atoms with Gasteiger partial charge in [-0.25, -0.2) is 0 Å². The standard InChI is InChI=1S/C23H15NO3/c25-22-16-6-2-4-8-18(16)26-20-10-9-19-15(21(20)22)11-12-23(27-19)13-14-5-1-3-7-17(14)24-23/h1-12,24H,13H2. The van der Waals surface area contributed by atoms with Crippen LogP contribution in [-0.2, 0) is 6.42 Å². The Balaban J connectivity index is 1.54. The van der Waals surface area contributed by atoms with Crippen molar-refractivity contribution in [2.24, 2.45) is 0 Å². The van der Waals surface area contributed by atoms with Crippen LogP contribution in [0.25, 0.3) is 28.0 Å². The van der Waals surface area contributed by atoms with Crippen molar-refractivity contribution in [1.82, 2.24) is 0 Å². The third-order valence-electron chi connectivity index (χ3n) is 5.37. The maximum atomic E-state index is 13.1. The van der Waals surface area contributed by atoms with Crippen molar-refractivity contribution in [2.45, 2.75) is 12.1 Å². The van der Waals surface area contributed by atoms with Gasteiger partial charge in [-0.3, -0.25) is 4.79 Å². The van der Waals surface area contributed by atoms with Crippen LogP contribution in [0, 0.1) is 0 Å². The predicted molar refractivity (Wildman–Crippen MR) is 106 cm³/mol. The second-order valence-electron chi connectivity index (χ2n) is 7.06. The molecule has 4 aromatic rings. The van der Waals surface area contributed by atoms with Gasteiger partial charge >= 0.3 is 0 Å². The van der Waals surface area contributed by atoms with Crippen molar-refractivity contribution in [3.63, 3.8) is 0 Å². The zero-order valence-corrected chi connectivity index (χ0v) is 14.4. The zero-order valence-electron chi connectivity index (χ0n) is 14.4. The van der Waals surface area contributed by atoms with E-state index in [1.165, 1.54) is 5.56 Å². The van der Waals surface area contributed by atoms with E-state index >= 15 is 0 Å². The first-order valence-corrected chi connectivity index (χ1v) is 8.95. The molecule has 2 aliphatic rings. The van der Waals surface area contributed by atoms with Gasteiger partial charge in [0.25, 0.3) is 0 Å². The van der Waals surface area contributed by atoms with Crippen LogP contribution in [0.4, 0.5) is 5.69 Å². The number of benzene rings is 3. The van der Waals surface area contributed by atoms with E-state index in [9.17, 15) is 4.79 Å². The van der Waals surface area contributed by atoms with E-state index in [2.05, 4.69) is 17.4 Å². The van der Waals surface area contributed by atoms with E-state index in [1.807, 2.05) is 54.6 Å². The minimum Gasteiger partial charge on any atom is -0.464 e. The molecule has 1 atom stereocenters. The summed E-state index contributed by atoms with van der Waals surface area (Å²) in [4.78, 5) is 13.1. The van der Waals surface area contributed by atoms with Crippen molar-refractivity contribution in [1.29, 1.82) is 0 Å². The Morgan fingerprint density at radius 2 is 1.78 bits per heavy atom. The molecule has 1 N–H and O–H groups in total. The Morgan fingerprint density at radius 3 is 2.70 bits per heavy atom. The Bertz CT molecular complexity index is 1310. The lowest BCUT2D eigenvalue weighted by atomic mass is 9.99. The third kappa shape index (κ3) is 2.01. The summed E-state index contributed by atoms with van der Waals surface area (Å²) >= 11 is 0. The Morgan fingerprint density at radius 1 is 0.926 bits per heavy atom. The molecule has 1 spiro atoms. The first-order chi connectivity index (χ1) is 13.2. The Labute approximate surface area is 154 Å². The number of fused-ring (bicyclic) bond motifs is 5. The highest BCUT2D eigenvalue weighted by molar-refractivity contribution is 5.96. The van der Waals surface area contributed by atoms with Gasteiger partial charge in [-0.1, -0.05) is 30.3 Å². The van der Waals surface area contributed by atoms with Crippen LogP contribution < -0.4 is 15.5 Å². The summed E-state index contributed by atoms with van der Waals surface area (Å²) in [5.41, 5.74) is 3.60. The number of hydrogen-bond donors (Lipinski definition) is 1. The molecule has 4 heteroatoms. The van der Waals surface area contributed by atoms with E-state index in [0.717, 1.165) is 17.7 Å². The topological polar surface area (TPSA) is 51.5 Å². The smallest absolute Gasteiger partial charge is 0.204 e. The number of ether oxygens (including phenoxy) is 1. The van der Waals surface area contributed by atoms with Gasteiger partial charge < -0.3 is 14.5 Å². The SMILES string of the molecule is O=c1c2ccccc2oc2ccc3c(c12)C=CC1(Cc2ccccc2N1)O3. The average Bonchev–Trinajstić information content (AvgIpc) is 3.05. The molecule has 130 valence electrons. The lowest BCUT2D eigenvalue weighted by Crippen LogP contribution is -2.42. The van der Waals surface area contributed by atoms with Crippen molar-refractivity contribution in [2.75, 3.05) is 5.32 Å². The minimum atomic E-state index is -0.610. The summed E-state index contributed by atoms with van der Waals surface area (Å²) in [7, 11) is 0. The third-order valence-corrected chi connectivity index (χ3v) is 5.37. The van der Waals surface area contributed by atoms with Crippen LogP contribution in [0.1, 0.15) is 11.1 Å². The van der Waals surface area contributed by atoms with Crippen molar-refractivity contribution < 1.29 is 9.15 Å². The van der Waals surface area contributed by atoms with Crippen LogP contribution >= 0.6 is 0 Å². The molecule has 0 aliphatic carbocycles. The van der Waals surface area contributed by atoms with E-state index in [0.29, 0.717) is 27.7 Å². The summed E-state index contributed by atoms with van der Waals surface area (Å²) in [6.45, 7) is 0. The molecule has 1 unspecified atom stereocenters. The minimum absolute atomic E-state index is 0.0319. The molecular weight excluding hydrogens is 338 g/mol. The Hall–Kier alpha value is -3.53. The van der Waals surface area contributed by atoms with Crippen LogP contribution in [-0.4, -0.2) is 5.72 Å². The quantitative estimate of drug-likeness (QED) is 0.465. The van der Waals surface area contributed by atoms with E-state index in [4.69, 9.17) is 9.15 Å². The molecule has 1 aromatic heterocycles. The molecule has 0 saturated heterocycles. The maximum absolute atomic E-state index is 13.1. The molecule has 6 rings (SSSR count). The molecule has 0 bridgehead atoms. The molecule has 0 saturated carbocycles. The molecule has 0 radical (unpaired) electrons. The van der Waals surface area contributed by atoms with Crippen LogP contribution in [0.15, 0.2) is 76.0 Å². The van der Waals surface area contributed by atoms with Gasteiger partial charge in [-0.15, -0.1) is 0 Å². The normalized spacial score (nSPS) is 19.7. The fraction of sp³-hybridized carbons (Fsp3) is 0.0870. The molecule has 3 aromatic carbocycles. The highest BCUT2D eigenvalue weighted by Crippen LogP contribution is 2.41. The predicted octanol–water partition coefficient (Wildman–Crippen LogP) is 4.72. The second kappa shape index (κ2) is 5.01. The highest BCUT2D eigenvalue weighted by Gasteiger charge is 2.39. The molecule has 3 heterocycles. The second-order valence-corrected chi connectivity index (χ2v) is 7.06. The fourth-order valence-corrected chi connectivity index (χ4v) is 4.11. The first-order valence-electron chi connectivity index (χ1n) is 8.95. The molecule has 0 fully saturated rings. The number of nitrogens with one attached hydrogen (secondary N) is 1. The molecule has 2 aliphatic heterocycles. The van der Waals surface area contributed by atoms with Gasteiger partial charge in [0.15, 0.2) is 0 Å². The van der Waals surface area contributed by atoms with Crippen molar-refractivity contribution in [3.05, 3.63) is 88.1 Å². The first kappa shape index (κ1) is 14.6. The van der Waals surface area contributed by atoms with Gasteiger partial charge in [0.2, 0.25) is 11.2 Å². The van der Waals surface area contributed by atoms with Gasteiger partial charge in [0, 0.05) is 17.7 Å². The van der Waals surface area contributed by atoms with E-state index in [1.54, 1.807) is 6.07 Å². The van der Waals surface area contributed by atoms with Gasteiger partial charge in [0.1, 0.15) is 16.9 Å². The van der Waals surface area contributed by atoms with Crippen molar-refractivity contribution >= 4 is 33.7 Å². The van der Waals surface area contributed by atoms with E-state index < -0.39 is 5.72 Å². The average molecular weight is 353 g/mol. The highest BCUT2D eigenvalue weighted by atomic mass is 16.5. The number of anilines is 1. The summed E-state index contributed by atoms with van der Waals surface area (Å²) in [5.74, 6) is 0.688. The largest absolute Gasteiger partial charge is 0.464 e. The van der Waals surface area contributed by atoms with Crippen molar-refractivity contribution in [3.8, 4) is 5.75 Å². The van der Waals surface area contributed by atoms with E-state index in [-0.39, 0.29) is 5.43 Å². The zero-order chi connectivity index (χ0) is 18.0. The van der Waals surface area contributed by atoms with Gasteiger partial charge in [0.05, 0.1) is 10.8 Å². The van der Waals surface area contributed by atoms with Crippen LogP contribution in [0.3, 0.4) is 0 Å². The number of hydrogen-bond acceptors (Lipinski definition) is 4. The number of para-hydroxylation sites is 2. The van der Waals surface area contributed by atoms with Crippen LogP contribution in [0.5, 0.6) is 5.75 Å². The van der Waals surface area contributed by atoms with Gasteiger partial charge in [-0.05, 0) is 48.0 Å². The fourth-order valence-electron chi connectivity index (χ4n) is 4.11. The van der Waals surface area contributed by atoms with Gasteiger partial charge in [-0.2, -0.15) is 0 Å². The summed E-state index contributed by atoms with van der Waals surface area (Å²) < 4.78 is 12.3. The summed E-state index contributed by atoms with van der Waals surface area (Å²) in [6, 6.07) is 19.2. The molecule has 27 heavy (non-hydrogen) atoms. The van der Waals surface area contributed by atoms with Crippen LogP contribution in [0.2, 0.25) is 0 Å². The summed E-state index contributed by atoms with van der Waals surface area (Å²) in [5, 5.41) is 4.62. The molecule has 0 amide bonds. The Kier molecular flexibility index (Phi) is 2.71. The molecular formula is C23H15NO3. The lowest BCUT2D eigenvalue weighted by molar-refractivity contribution is 0.156.